The van der Waals surface area contributed by atoms with Crippen molar-refractivity contribution in [3.05, 3.63) is 11.1 Å². The first kappa shape index (κ1) is 5.02. The van der Waals surface area contributed by atoms with Crippen molar-refractivity contribution in [2.45, 2.75) is 58.9 Å². The van der Waals surface area contributed by atoms with Crippen molar-refractivity contribution < 1.29 is 31.5 Å². The Labute approximate surface area is 126 Å². The second kappa shape index (κ2) is 4.17. The molecule has 18 heavy (non-hydrogen) atoms. The van der Waals surface area contributed by atoms with E-state index in [0.717, 1.165) is 6.92 Å². The summed E-state index contributed by atoms with van der Waals surface area (Å²) in [6.07, 6.45) is -10.4. The Morgan fingerprint density at radius 1 is 1.67 bits per heavy atom. The van der Waals surface area contributed by atoms with Crippen LogP contribution in [-0.4, -0.2) is 28.7 Å². The van der Waals surface area contributed by atoms with Crippen molar-refractivity contribution in [2.75, 3.05) is 0 Å². The molecule has 0 radical (unpaired) electrons. The van der Waals surface area contributed by atoms with Gasteiger partial charge >= 0.3 is 0 Å². The van der Waals surface area contributed by atoms with Crippen molar-refractivity contribution in [2.24, 2.45) is 16.7 Å². The zero-order valence-electron chi connectivity index (χ0n) is 21.9. The van der Waals surface area contributed by atoms with E-state index in [2.05, 4.69) is 0 Å². The number of rotatable bonds is 2. The molecule has 0 bridgehead atoms. The van der Waals surface area contributed by atoms with Crippen LogP contribution >= 0.6 is 0 Å². The molecule has 6 unspecified atom stereocenters. The smallest absolute Gasteiger partial charge is 0.145 e. The first-order valence-corrected chi connectivity index (χ1v) is 5.52. The average molecular weight is 270 g/mol. The molecular weight excluding hydrogens is 234 g/mol. The van der Waals surface area contributed by atoms with Gasteiger partial charge < -0.3 is 10.2 Å². The Hall–Kier alpha value is -0.670. The third-order valence-corrected chi connectivity index (χ3v) is 3.42. The van der Waals surface area contributed by atoms with Gasteiger partial charge in [-0.2, -0.15) is 0 Å². The van der Waals surface area contributed by atoms with Gasteiger partial charge in [-0.15, -0.1) is 0 Å². The molecule has 0 spiro atoms. The molecule has 102 valence electrons. The maximum atomic E-state index is 11.6. The van der Waals surface area contributed by atoms with Gasteiger partial charge in [0.1, 0.15) is 6.29 Å². The van der Waals surface area contributed by atoms with Crippen molar-refractivity contribution in [1.29, 1.82) is 0 Å². The number of carbonyl (C=O) groups excluding carboxylic acids is 1. The molecule has 2 fully saturated rings. The van der Waals surface area contributed by atoms with E-state index in [1.165, 1.54) is 0 Å². The van der Waals surface area contributed by atoms with E-state index in [-0.39, 0.29) is 6.29 Å². The minimum atomic E-state index is -3.19. The minimum absolute atomic E-state index is 0.177. The minimum Gasteiger partial charge on any atom is -0.393 e. The van der Waals surface area contributed by atoms with Crippen LogP contribution in [0.4, 0.5) is 0 Å². The van der Waals surface area contributed by atoms with Crippen LogP contribution in [0.25, 0.3) is 0 Å². The molecule has 2 N–H and O–H groups in total. The molecule has 3 heteroatoms. The molecule has 0 aliphatic heterocycles. The van der Waals surface area contributed by atoms with Gasteiger partial charge in [0.2, 0.25) is 0 Å². The SMILES string of the molecule is [2H]C1[13CH](O)C([2H])([13C]2(C([2H])[2H])/C(=[13C](\C=O)C([2H])([2H])[2H])[13CH](O)C2([2H])[2H])[13CH2][13C]1(C)C([2H])([2H])[2H]. The van der Waals surface area contributed by atoms with E-state index in [1.807, 2.05) is 0 Å². The van der Waals surface area contributed by atoms with E-state index in [0.29, 0.717) is 0 Å². The third-order valence-electron chi connectivity index (χ3n) is 3.42. The third kappa shape index (κ3) is 1.94. The number of aliphatic hydroxyl groups excluding tert-OH is 2. The first-order valence-electron chi connectivity index (χ1n) is 11.8. The molecule has 6 atom stereocenters. The summed E-state index contributed by atoms with van der Waals surface area (Å²) < 4.78 is 95.5. The lowest BCUT2D eigenvalue weighted by Crippen LogP contribution is -2.50. The Morgan fingerprint density at radius 2 is 2.44 bits per heavy atom. The van der Waals surface area contributed by atoms with Crippen LogP contribution < -0.4 is 0 Å². The van der Waals surface area contributed by atoms with Crippen molar-refractivity contribution in [3.63, 3.8) is 0 Å². The Balaban J connectivity index is 2.94. The Morgan fingerprint density at radius 3 is 2.94 bits per heavy atom. The second-order valence-electron chi connectivity index (χ2n) is 5.03. The standard InChI is InChI=1S/C15H24O3/c1-9(8-16)13-12(18)7-15(13,4)10-5-14(2,3)6-11(10)17/h8,10-12,17-18H,5-7H2,1-4H3/b13-9-/i1D3,2D3,4D2,5+1,6D,7D2,9+1,10D,11+1,12+1,14+1,15+1. The fourth-order valence-electron chi connectivity index (χ4n) is 2.57. The summed E-state index contributed by atoms with van der Waals surface area (Å²) in [5, 5.41) is 21.1. The second-order valence-corrected chi connectivity index (χ2v) is 5.03. The van der Waals surface area contributed by atoms with Gasteiger partial charge in [0, 0.05) is 16.4 Å². The fourth-order valence-corrected chi connectivity index (χ4v) is 2.57. The van der Waals surface area contributed by atoms with E-state index in [1.54, 1.807) is 0 Å². The van der Waals surface area contributed by atoms with Gasteiger partial charge in [-0.1, -0.05) is 20.7 Å². The Bertz CT molecular complexity index is 759. The van der Waals surface area contributed by atoms with E-state index < -0.39 is 79.8 Å². The number of allylic oxidation sites excluding steroid dienone is 1. The zero-order valence-corrected chi connectivity index (χ0v) is 9.90. The summed E-state index contributed by atoms with van der Waals surface area (Å²) >= 11 is 0. The van der Waals surface area contributed by atoms with Gasteiger partial charge in [-0.3, -0.25) is 4.79 Å². The number of hydrogen-bond acceptors (Lipinski definition) is 3. The molecule has 2 rings (SSSR count). The lowest BCUT2D eigenvalue weighted by molar-refractivity contribution is -0.105. The van der Waals surface area contributed by atoms with Gasteiger partial charge in [0.05, 0.1) is 12.2 Å². The molecule has 0 aromatic heterocycles. The zero-order chi connectivity index (χ0) is 23.9. The van der Waals surface area contributed by atoms with Crippen molar-refractivity contribution in [1.82, 2.24) is 0 Å². The molecule has 0 heterocycles. The maximum absolute atomic E-state index is 11.6. The highest BCUT2D eigenvalue weighted by Crippen LogP contribution is 2.59. The molecule has 2 saturated carbocycles. The molecule has 2 aliphatic rings. The largest absolute Gasteiger partial charge is 0.393 e. The highest BCUT2D eigenvalue weighted by molar-refractivity contribution is 5.75. The summed E-state index contributed by atoms with van der Waals surface area (Å²) in [5.74, 6) is -2.76. The molecule has 0 aromatic carbocycles. The predicted molar refractivity (Wildman–Crippen MR) is 70.0 cm³/mol. The van der Waals surface area contributed by atoms with Crippen LogP contribution in [0.15, 0.2) is 11.1 Å². The summed E-state index contributed by atoms with van der Waals surface area (Å²) in [6.45, 7) is -7.41. The van der Waals surface area contributed by atoms with Crippen molar-refractivity contribution >= 4 is 6.29 Å². The quantitative estimate of drug-likeness (QED) is 0.459. The van der Waals surface area contributed by atoms with Crippen LogP contribution in [0.2, 0.25) is 0 Å². The van der Waals surface area contributed by atoms with E-state index in [4.69, 9.17) is 16.4 Å². The topological polar surface area (TPSA) is 57.5 Å². The van der Waals surface area contributed by atoms with Crippen LogP contribution in [0.1, 0.15) is 63.1 Å². The molecule has 0 aromatic rings. The average Bonchev–Trinajstić information content (AvgIpc) is 2.74. The molecule has 0 amide bonds. The van der Waals surface area contributed by atoms with E-state index >= 15 is 0 Å². The van der Waals surface area contributed by atoms with Gasteiger partial charge in [-0.25, -0.2) is 0 Å². The summed E-state index contributed by atoms with van der Waals surface area (Å²) in [4.78, 5) is 11.6. The molecular formula is C15H24O3. The van der Waals surface area contributed by atoms with Gasteiger partial charge in [0.25, 0.3) is 0 Å². The summed E-state index contributed by atoms with van der Waals surface area (Å²) in [6, 6.07) is 0. The van der Waals surface area contributed by atoms with Crippen LogP contribution in [-0.2, 0) is 4.79 Å². The van der Waals surface area contributed by atoms with E-state index in [9.17, 15) is 15.0 Å². The van der Waals surface area contributed by atoms with Crippen LogP contribution in [0.3, 0.4) is 0 Å². The lowest BCUT2D eigenvalue weighted by Gasteiger charge is -2.51. The van der Waals surface area contributed by atoms with Crippen LogP contribution in [0.5, 0.6) is 0 Å². The Kier molecular flexibility index (Phi) is 1.16. The summed E-state index contributed by atoms with van der Waals surface area (Å²) in [5.41, 5.74) is -6.92. The number of aliphatic hydroxyl groups is 2. The highest BCUT2D eigenvalue weighted by Gasteiger charge is 2.56. The normalized spacial score (nSPS) is 73.2. The summed E-state index contributed by atoms with van der Waals surface area (Å²) in [7, 11) is 0. The molecule has 2 aliphatic carbocycles. The highest BCUT2D eigenvalue weighted by atomic mass is 16.4. The van der Waals surface area contributed by atoms with Crippen molar-refractivity contribution in [3.8, 4) is 0 Å². The molecule has 0 saturated heterocycles. The fraction of sp³-hybridized carbons (Fsp3) is 0.800. The number of carbonyl (C=O) groups is 1. The maximum Gasteiger partial charge on any atom is 0.145 e. The molecule has 3 nitrogen and oxygen atoms in total. The monoisotopic (exact) mass is 270 g/mol. The first-order chi connectivity index (χ1) is 13.2. The lowest BCUT2D eigenvalue weighted by atomic mass is 10.00. The number of hydrogen-bond donors (Lipinski definition) is 2. The van der Waals surface area contributed by atoms with Crippen LogP contribution in [0, 0.1) is 16.7 Å². The predicted octanol–water partition coefficient (Wildman–Crippen LogP) is 2.07. The number of aldehydes is 1. The van der Waals surface area contributed by atoms with Gasteiger partial charge in [-0.05, 0) is 53.9 Å². The van der Waals surface area contributed by atoms with Gasteiger partial charge in [0.15, 0.2) is 0 Å².